The number of nitrogens with one attached hydrogen (secondary N) is 1. The molecule has 0 aromatic carbocycles. The summed E-state index contributed by atoms with van der Waals surface area (Å²) in [4.78, 5) is 8.28. The van der Waals surface area contributed by atoms with Gasteiger partial charge in [0.05, 0.1) is 7.11 Å². The lowest BCUT2D eigenvalue weighted by Crippen LogP contribution is -2.04. The molecule has 2 aromatic rings. The van der Waals surface area contributed by atoms with Gasteiger partial charge in [-0.3, -0.25) is 0 Å². The summed E-state index contributed by atoms with van der Waals surface area (Å²) in [5.41, 5.74) is 2.85. The molecule has 0 spiro atoms. The average molecular weight is 291 g/mol. The number of aryl methyl sites for hydroxylation is 2. The van der Waals surface area contributed by atoms with Gasteiger partial charge in [0, 0.05) is 18.4 Å². The van der Waals surface area contributed by atoms with E-state index in [4.69, 9.17) is 4.74 Å². The van der Waals surface area contributed by atoms with Gasteiger partial charge in [-0.15, -0.1) is 0 Å². The average Bonchev–Trinajstić information content (AvgIpc) is 2.50. The third kappa shape index (κ3) is 4.70. The second-order valence-corrected chi connectivity index (χ2v) is 4.29. The van der Waals surface area contributed by atoms with E-state index >= 15 is 0 Å². The van der Waals surface area contributed by atoms with E-state index in [0.717, 1.165) is 22.6 Å². The molecule has 2 heterocycles. The minimum atomic E-state index is -0.463. The Morgan fingerprint density at radius 1 is 1.24 bits per heavy atom. The molecule has 1 N–H and O–H groups in total. The molecule has 0 bridgehead atoms. The van der Waals surface area contributed by atoms with Crippen molar-refractivity contribution in [1.82, 2.24) is 9.97 Å². The van der Waals surface area contributed by atoms with Crippen LogP contribution in [0, 0.1) is 19.7 Å². The van der Waals surface area contributed by atoms with Crippen molar-refractivity contribution in [3.63, 3.8) is 0 Å². The van der Waals surface area contributed by atoms with E-state index in [-0.39, 0.29) is 5.88 Å². The van der Waals surface area contributed by atoms with Crippen LogP contribution in [-0.4, -0.2) is 17.1 Å². The Morgan fingerprint density at radius 3 is 2.52 bits per heavy atom. The summed E-state index contributed by atoms with van der Waals surface area (Å²) < 4.78 is 18.2. The molecule has 2 aromatic heterocycles. The van der Waals surface area contributed by atoms with Crippen molar-refractivity contribution in [1.29, 1.82) is 0 Å². The molecule has 0 amide bonds. The molecule has 0 fully saturated rings. The van der Waals surface area contributed by atoms with Crippen molar-refractivity contribution < 1.29 is 9.13 Å². The number of methoxy groups -OCH3 is 1. The van der Waals surface area contributed by atoms with Crippen molar-refractivity contribution in [3.8, 4) is 5.88 Å². The predicted octanol–water partition coefficient (Wildman–Crippen LogP) is 3.88. The van der Waals surface area contributed by atoms with Crippen molar-refractivity contribution in [2.24, 2.45) is 0 Å². The highest BCUT2D eigenvalue weighted by Crippen LogP contribution is 2.15. The van der Waals surface area contributed by atoms with Gasteiger partial charge in [-0.25, -0.2) is 14.4 Å². The van der Waals surface area contributed by atoms with Crippen LogP contribution < -0.4 is 10.1 Å². The molecule has 5 heteroatoms. The first-order valence-electron chi connectivity index (χ1n) is 6.96. The lowest BCUT2D eigenvalue weighted by atomic mass is 10.2. The molecule has 4 nitrogen and oxygen atoms in total. The monoisotopic (exact) mass is 291 g/mol. The van der Waals surface area contributed by atoms with Crippen molar-refractivity contribution in [2.45, 2.75) is 34.2 Å². The number of hydrogen-bond donors (Lipinski definition) is 1. The number of aromatic nitrogens is 2. The molecule has 0 saturated heterocycles. The summed E-state index contributed by atoms with van der Waals surface area (Å²) in [6.07, 6.45) is 1.58. The zero-order chi connectivity index (χ0) is 15.8. The van der Waals surface area contributed by atoms with Crippen LogP contribution in [0.1, 0.15) is 30.7 Å². The predicted molar refractivity (Wildman–Crippen MR) is 83.1 cm³/mol. The molecule has 0 unspecified atom stereocenters. The fourth-order valence-electron chi connectivity index (χ4n) is 1.63. The van der Waals surface area contributed by atoms with Crippen LogP contribution in [0.3, 0.4) is 0 Å². The van der Waals surface area contributed by atoms with Crippen LogP contribution in [0.25, 0.3) is 0 Å². The Hall–Kier alpha value is -2.17. The normalized spacial score (nSPS) is 9.62. The number of ether oxygens (including phenoxy) is 1. The molecule has 0 aliphatic rings. The molecule has 2 rings (SSSR count). The van der Waals surface area contributed by atoms with Crippen LogP contribution in [0.4, 0.5) is 10.2 Å². The second kappa shape index (κ2) is 8.19. The Bertz CT molecular complexity index is 588. The van der Waals surface area contributed by atoms with Crippen molar-refractivity contribution in [2.75, 3.05) is 12.4 Å². The minimum Gasteiger partial charge on any atom is -0.479 e. The number of nitrogens with zero attached hydrogens (tertiary/aromatic N) is 2. The summed E-state index contributed by atoms with van der Waals surface area (Å²) in [5, 5.41) is 3.14. The summed E-state index contributed by atoms with van der Waals surface area (Å²) in [6.45, 7) is 8.42. The minimum absolute atomic E-state index is 0.00746. The molecule has 114 valence electrons. The van der Waals surface area contributed by atoms with E-state index < -0.39 is 5.82 Å². The number of rotatable bonds is 4. The topological polar surface area (TPSA) is 47.0 Å². The van der Waals surface area contributed by atoms with Crippen molar-refractivity contribution >= 4 is 5.82 Å². The van der Waals surface area contributed by atoms with E-state index in [0.29, 0.717) is 6.54 Å². The SMILES string of the molecule is CC.COc1ncc(CNc2ccc(C)c(C)n2)cc1F. The molecule has 0 saturated carbocycles. The summed E-state index contributed by atoms with van der Waals surface area (Å²) in [5.74, 6) is 0.308. The molecular weight excluding hydrogens is 269 g/mol. The maximum atomic E-state index is 13.5. The van der Waals surface area contributed by atoms with E-state index in [1.54, 1.807) is 6.20 Å². The summed E-state index contributed by atoms with van der Waals surface area (Å²) in [6, 6.07) is 5.30. The highest BCUT2D eigenvalue weighted by atomic mass is 19.1. The van der Waals surface area contributed by atoms with Gasteiger partial charge in [0.15, 0.2) is 5.82 Å². The van der Waals surface area contributed by atoms with Crippen LogP contribution in [0.15, 0.2) is 24.4 Å². The highest BCUT2D eigenvalue weighted by Gasteiger charge is 2.05. The number of halogens is 1. The molecule has 0 radical (unpaired) electrons. The van der Waals surface area contributed by atoms with Gasteiger partial charge in [-0.2, -0.15) is 0 Å². The van der Waals surface area contributed by atoms with Gasteiger partial charge in [0.2, 0.25) is 5.88 Å². The van der Waals surface area contributed by atoms with E-state index in [9.17, 15) is 4.39 Å². The Morgan fingerprint density at radius 2 is 1.95 bits per heavy atom. The lowest BCUT2D eigenvalue weighted by molar-refractivity contribution is 0.368. The highest BCUT2D eigenvalue weighted by molar-refractivity contribution is 5.39. The van der Waals surface area contributed by atoms with E-state index in [1.165, 1.54) is 13.2 Å². The zero-order valence-corrected chi connectivity index (χ0v) is 13.2. The Balaban J connectivity index is 0.00000106. The first-order chi connectivity index (χ1) is 10.1. The lowest BCUT2D eigenvalue weighted by Gasteiger charge is -2.08. The van der Waals surface area contributed by atoms with Crippen LogP contribution in [-0.2, 0) is 6.54 Å². The maximum absolute atomic E-state index is 13.5. The third-order valence-electron chi connectivity index (χ3n) is 2.88. The van der Waals surface area contributed by atoms with Gasteiger partial charge in [0.25, 0.3) is 0 Å². The fraction of sp³-hybridized carbons (Fsp3) is 0.375. The molecular formula is C16H22FN3O. The molecule has 21 heavy (non-hydrogen) atoms. The van der Waals surface area contributed by atoms with Crippen LogP contribution >= 0.6 is 0 Å². The third-order valence-corrected chi connectivity index (χ3v) is 2.88. The van der Waals surface area contributed by atoms with Gasteiger partial charge in [-0.1, -0.05) is 19.9 Å². The fourth-order valence-corrected chi connectivity index (χ4v) is 1.63. The van der Waals surface area contributed by atoms with E-state index in [2.05, 4.69) is 15.3 Å². The number of hydrogen-bond acceptors (Lipinski definition) is 4. The van der Waals surface area contributed by atoms with Crippen LogP contribution in [0.2, 0.25) is 0 Å². The largest absolute Gasteiger partial charge is 0.479 e. The smallest absolute Gasteiger partial charge is 0.250 e. The quantitative estimate of drug-likeness (QED) is 0.928. The number of pyridine rings is 2. The van der Waals surface area contributed by atoms with Gasteiger partial charge >= 0.3 is 0 Å². The Kier molecular flexibility index (Phi) is 6.59. The molecule has 0 aliphatic carbocycles. The standard InChI is InChI=1S/C14H16FN3O.C2H6/c1-9-4-5-13(18-10(9)2)16-7-11-6-12(15)14(19-3)17-8-11;1-2/h4-6,8H,7H2,1-3H3,(H,16,18);1-2H3. The zero-order valence-electron chi connectivity index (χ0n) is 13.2. The van der Waals surface area contributed by atoms with Crippen LogP contribution in [0.5, 0.6) is 5.88 Å². The Labute approximate surface area is 125 Å². The van der Waals surface area contributed by atoms with Gasteiger partial charge in [-0.05, 0) is 37.1 Å². The first-order valence-corrected chi connectivity index (χ1v) is 6.96. The van der Waals surface area contributed by atoms with Gasteiger partial charge in [0.1, 0.15) is 5.82 Å². The first kappa shape index (κ1) is 16.9. The number of anilines is 1. The molecule has 0 atom stereocenters. The maximum Gasteiger partial charge on any atom is 0.250 e. The summed E-state index contributed by atoms with van der Waals surface area (Å²) >= 11 is 0. The van der Waals surface area contributed by atoms with Gasteiger partial charge < -0.3 is 10.1 Å². The molecule has 0 aliphatic heterocycles. The second-order valence-electron chi connectivity index (χ2n) is 4.29. The van der Waals surface area contributed by atoms with E-state index in [1.807, 2.05) is 39.8 Å². The summed E-state index contributed by atoms with van der Waals surface area (Å²) in [7, 11) is 1.39. The van der Waals surface area contributed by atoms with Crippen molar-refractivity contribution in [3.05, 3.63) is 47.0 Å².